The van der Waals surface area contributed by atoms with Crippen LogP contribution in [0.25, 0.3) is 0 Å². The molecular formula is C35H52O4. The standard InChI is InChI=1S/C35H52O4/c1-15-17-35(39-28(36)16-2,26-20-22(31(3,4)5)18-24(29(26)37)33(9,10)11)27-21-23(32(6,7)8)19-25(30(27)38)34(12,13)14/h16,18-21,37-38H,2,15,17H2,1,3-14H3. The van der Waals surface area contributed by atoms with Gasteiger partial charge in [-0.3, -0.25) is 0 Å². The molecule has 39 heavy (non-hydrogen) atoms. The average Bonchev–Trinajstić information content (AvgIpc) is 2.75. The molecule has 0 bridgehead atoms. The van der Waals surface area contributed by atoms with Crippen LogP contribution in [0.4, 0.5) is 0 Å². The lowest BCUT2D eigenvalue weighted by atomic mass is 9.71. The predicted molar refractivity (Wildman–Crippen MR) is 163 cm³/mol. The summed E-state index contributed by atoms with van der Waals surface area (Å²) in [6.07, 6.45) is 2.15. The van der Waals surface area contributed by atoms with E-state index in [4.69, 9.17) is 4.74 Å². The molecule has 0 aliphatic carbocycles. The SMILES string of the molecule is C=CC(=O)OC(CCC)(c1cc(C(C)(C)C)cc(C(C)(C)C)c1O)c1cc(C(C)(C)C)cc(C(C)(C)C)c1O. The van der Waals surface area contributed by atoms with Crippen molar-refractivity contribution in [2.45, 2.75) is 130 Å². The lowest BCUT2D eigenvalue weighted by Crippen LogP contribution is -2.36. The van der Waals surface area contributed by atoms with Crippen molar-refractivity contribution in [2.75, 3.05) is 0 Å². The lowest BCUT2D eigenvalue weighted by molar-refractivity contribution is -0.151. The summed E-state index contributed by atoms with van der Waals surface area (Å²) in [5, 5.41) is 23.9. The van der Waals surface area contributed by atoms with Crippen LogP contribution in [0.2, 0.25) is 0 Å². The van der Waals surface area contributed by atoms with Gasteiger partial charge >= 0.3 is 5.97 Å². The van der Waals surface area contributed by atoms with Crippen molar-refractivity contribution in [3.8, 4) is 11.5 Å². The summed E-state index contributed by atoms with van der Waals surface area (Å²) < 4.78 is 6.36. The first-order valence-electron chi connectivity index (χ1n) is 14.1. The van der Waals surface area contributed by atoms with Gasteiger partial charge < -0.3 is 14.9 Å². The highest BCUT2D eigenvalue weighted by Crippen LogP contribution is 2.52. The van der Waals surface area contributed by atoms with Gasteiger partial charge in [0.2, 0.25) is 0 Å². The third-order valence-electron chi connectivity index (χ3n) is 7.48. The Morgan fingerprint density at radius 2 is 1.03 bits per heavy atom. The van der Waals surface area contributed by atoms with Crippen LogP contribution in [-0.2, 0) is 36.8 Å². The van der Waals surface area contributed by atoms with Crippen LogP contribution >= 0.6 is 0 Å². The van der Waals surface area contributed by atoms with Gasteiger partial charge in [0.15, 0.2) is 5.60 Å². The van der Waals surface area contributed by atoms with Crippen LogP contribution in [0.15, 0.2) is 36.9 Å². The van der Waals surface area contributed by atoms with Crippen molar-refractivity contribution in [2.24, 2.45) is 0 Å². The molecule has 0 fully saturated rings. The second-order valence-corrected chi connectivity index (χ2v) is 15.0. The molecular weight excluding hydrogens is 484 g/mol. The Hall–Kier alpha value is -2.75. The van der Waals surface area contributed by atoms with Crippen LogP contribution in [0.1, 0.15) is 136 Å². The fraction of sp³-hybridized carbons (Fsp3) is 0.571. The molecule has 0 atom stereocenters. The number of rotatable bonds is 6. The van der Waals surface area contributed by atoms with Gasteiger partial charge in [0, 0.05) is 17.2 Å². The van der Waals surface area contributed by atoms with E-state index in [-0.39, 0.29) is 33.2 Å². The largest absolute Gasteiger partial charge is 0.507 e. The summed E-state index contributed by atoms with van der Waals surface area (Å²) in [7, 11) is 0. The lowest BCUT2D eigenvalue weighted by Gasteiger charge is -2.39. The number of esters is 1. The van der Waals surface area contributed by atoms with Crippen LogP contribution in [0.3, 0.4) is 0 Å². The summed E-state index contributed by atoms with van der Waals surface area (Å²) >= 11 is 0. The molecule has 0 aliphatic heterocycles. The molecule has 0 saturated heterocycles. The van der Waals surface area contributed by atoms with E-state index < -0.39 is 11.6 Å². The molecule has 4 nitrogen and oxygen atoms in total. The minimum absolute atomic E-state index is 0.0821. The van der Waals surface area contributed by atoms with E-state index in [1.165, 1.54) is 0 Å². The number of phenolic OH excluding ortho intramolecular Hbond substituents is 2. The fourth-order valence-corrected chi connectivity index (χ4v) is 5.03. The van der Waals surface area contributed by atoms with E-state index >= 15 is 0 Å². The summed E-state index contributed by atoms with van der Waals surface area (Å²) in [5.41, 5.74) is 1.83. The van der Waals surface area contributed by atoms with E-state index in [0.29, 0.717) is 24.0 Å². The van der Waals surface area contributed by atoms with Gasteiger partial charge in [-0.05, 0) is 62.5 Å². The van der Waals surface area contributed by atoms with Crippen molar-refractivity contribution in [1.29, 1.82) is 0 Å². The Labute approximate surface area is 237 Å². The predicted octanol–water partition coefficient (Wildman–Crippen LogP) is 9.06. The van der Waals surface area contributed by atoms with Crippen LogP contribution < -0.4 is 0 Å². The first-order valence-corrected chi connectivity index (χ1v) is 14.1. The average molecular weight is 537 g/mol. The number of hydrogen-bond donors (Lipinski definition) is 2. The summed E-state index contributed by atoms with van der Waals surface area (Å²) in [6, 6.07) is 8.01. The van der Waals surface area contributed by atoms with E-state index in [9.17, 15) is 15.0 Å². The zero-order chi connectivity index (χ0) is 30.4. The smallest absolute Gasteiger partial charge is 0.331 e. The first kappa shape index (κ1) is 32.5. The van der Waals surface area contributed by atoms with Crippen LogP contribution in [0, 0.1) is 0 Å². The van der Waals surface area contributed by atoms with Gasteiger partial charge in [-0.15, -0.1) is 0 Å². The molecule has 2 aromatic carbocycles. The second kappa shape index (κ2) is 10.7. The topological polar surface area (TPSA) is 66.8 Å². The quantitative estimate of drug-likeness (QED) is 0.285. The zero-order valence-electron chi connectivity index (χ0n) is 26.7. The molecule has 0 amide bonds. The normalized spacial score (nSPS) is 13.4. The Bertz CT molecular complexity index is 1140. The molecule has 0 unspecified atom stereocenters. The number of phenols is 2. The number of benzene rings is 2. The maximum Gasteiger partial charge on any atom is 0.331 e. The Balaban J connectivity index is 3.31. The van der Waals surface area contributed by atoms with Crippen LogP contribution in [-0.4, -0.2) is 16.2 Å². The highest BCUT2D eigenvalue weighted by molar-refractivity contribution is 5.82. The molecule has 4 heteroatoms. The zero-order valence-corrected chi connectivity index (χ0v) is 26.7. The second-order valence-electron chi connectivity index (χ2n) is 15.0. The molecule has 2 N–H and O–H groups in total. The van der Waals surface area contributed by atoms with E-state index in [1.54, 1.807) is 0 Å². The number of carbonyl (C=O) groups excluding carboxylic acids is 1. The minimum atomic E-state index is -1.45. The Morgan fingerprint density at radius 3 is 1.28 bits per heavy atom. The monoisotopic (exact) mass is 536 g/mol. The molecule has 0 heterocycles. The van der Waals surface area contributed by atoms with Crippen molar-refractivity contribution in [3.63, 3.8) is 0 Å². The molecule has 2 aromatic rings. The van der Waals surface area contributed by atoms with Gasteiger partial charge in [0.05, 0.1) is 0 Å². The first-order chi connectivity index (χ1) is 17.5. The van der Waals surface area contributed by atoms with E-state index in [2.05, 4.69) is 102 Å². The summed E-state index contributed by atoms with van der Waals surface area (Å²) in [4.78, 5) is 13.1. The minimum Gasteiger partial charge on any atom is -0.507 e. The van der Waals surface area contributed by atoms with E-state index in [1.807, 2.05) is 19.1 Å². The van der Waals surface area contributed by atoms with Gasteiger partial charge in [0.1, 0.15) is 11.5 Å². The number of carbonyl (C=O) groups is 1. The molecule has 0 saturated carbocycles. The maximum atomic E-state index is 13.1. The van der Waals surface area contributed by atoms with Crippen molar-refractivity contribution in [3.05, 3.63) is 70.3 Å². The third kappa shape index (κ3) is 6.70. The van der Waals surface area contributed by atoms with Crippen molar-refractivity contribution >= 4 is 5.97 Å². The van der Waals surface area contributed by atoms with Gasteiger partial charge in [0.25, 0.3) is 0 Å². The Kier molecular flexibility index (Phi) is 8.88. The molecule has 2 rings (SSSR count). The number of hydrogen-bond acceptors (Lipinski definition) is 4. The summed E-state index contributed by atoms with van der Waals surface area (Å²) in [5.74, 6) is -0.448. The molecule has 0 radical (unpaired) electrons. The van der Waals surface area contributed by atoms with Crippen LogP contribution in [0.5, 0.6) is 11.5 Å². The number of aromatic hydroxyl groups is 2. The van der Waals surface area contributed by atoms with Gasteiger partial charge in [-0.2, -0.15) is 0 Å². The van der Waals surface area contributed by atoms with Crippen molar-refractivity contribution < 1.29 is 19.7 Å². The molecule has 0 spiro atoms. The maximum absolute atomic E-state index is 13.1. The number of ether oxygens (including phenoxy) is 1. The summed E-state index contributed by atoms with van der Waals surface area (Å²) in [6.45, 7) is 30.8. The Morgan fingerprint density at radius 1 is 0.692 bits per heavy atom. The highest BCUT2D eigenvalue weighted by Gasteiger charge is 2.45. The van der Waals surface area contributed by atoms with Gasteiger partial charge in [-0.1, -0.05) is 115 Å². The molecule has 0 aliphatic rings. The third-order valence-corrected chi connectivity index (χ3v) is 7.48. The molecule has 0 aromatic heterocycles. The van der Waals surface area contributed by atoms with E-state index in [0.717, 1.165) is 28.3 Å². The fourth-order valence-electron chi connectivity index (χ4n) is 5.03. The van der Waals surface area contributed by atoms with Gasteiger partial charge in [-0.25, -0.2) is 4.79 Å². The molecule has 216 valence electrons. The van der Waals surface area contributed by atoms with Crippen molar-refractivity contribution in [1.82, 2.24) is 0 Å². The highest BCUT2D eigenvalue weighted by atomic mass is 16.6.